The number of aliphatic hydroxyl groups is 1. The highest BCUT2D eigenvalue weighted by molar-refractivity contribution is 8.02. The number of ether oxygens (including phenoxy) is 1. The topological polar surface area (TPSA) is 90.4 Å². The summed E-state index contributed by atoms with van der Waals surface area (Å²) in [6.07, 6.45) is 4.69. The Kier molecular flexibility index (Phi) is 8.74. The highest BCUT2D eigenvalue weighted by atomic mass is 32.2. The number of nitrogens with zero attached hydrogens (tertiary/aromatic N) is 3. The van der Waals surface area contributed by atoms with E-state index in [9.17, 15) is 19.5 Å². The molecule has 3 aliphatic heterocycles. The van der Waals surface area contributed by atoms with Gasteiger partial charge in [0.2, 0.25) is 11.8 Å². The zero-order valence-electron chi connectivity index (χ0n) is 26.4. The van der Waals surface area contributed by atoms with E-state index in [-0.39, 0.29) is 44.0 Å². The van der Waals surface area contributed by atoms with Gasteiger partial charge < -0.3 is 24.5 Å². The van der Waals surface area contributed by atoms with Crippen LogP contribution in [0.2, 0.25) is 0 Å². The average Bonchev–Trinajstić information content (AvgIpc) is 3.63. The van der Waals surface area contributed by atoms with E-state index in [1.807, 2.05) is 73.7 Å². The molecule has 240 valence electrons. The zero-order chi connectivity index (χ0) is 32.6. The quantitative estimate of drug-likeness (QED) is 0.265. The van der Waals surface area contributed by atoms with Crippen LogP contribution in [-0.4, -0.2) is 76.1 Å². The van der Waals surface area contributed by atoms with Gasteiger partial charge in [-0.15, -0.1) is 24.9 Å². The Bertz CT molecular complexity index is 1680. The fraction of sp³-hybridized carbons (Fsp3) is 0.378. The second kappa shape index (κ2) is 12.6. The number of anilines is 2. The summed E-state index contributed by atoms with van der Waals surface area (Å²) in [7, 11) is 0. The summed E-state index contributed by atoms with van der Waals surface area (Å²) in [6, 6.07) is 20.4. The Hall–Kier alpha value is -4.08. The van der Waals surface area contributed by atoms with E-state index in [1.54, 1.807) is 33.7 Å². The lowest BCUT2D eigenvalue weighted by molar-refractivity contribution is -0.140. The highest BCUT2D eigenvalue weighted by Gasteiger charge is 2.77. The van der Waals surface area contributed by atoms with Gasteiger partial charge >= 0.3 is 0 Å². The van der Waals surface area contributed by atoms with Gasteiger partial charge in [-0.05, 0) is 73.9 Å². The standard InChI is InChI=1S/C37H41N3O5S/c1-5-20-38(27-14-16-29(17-15-27)45-7-3)33(42)30-31-34(43)40(22-23-41)32(37(31)19-18-36(30,4)46-37)35(44)39(21-6-2)28-13-12-25-10-8-9-11-26(25)24-28/h5-6,8-17,24,30-32,41H,1-2,7,18-23H2,3-4H3/t30-,31+,32?,36+,37?/m1/s1. The minimum Gasteiger partial charge on any atom is -0.494 e. The number of hydrogen-bond acceptors (Lipinski definition) is 6. The fourth-order valence-corrected chi connectivity index (χ4v) is 10.2. The summed E-state index contributed by atoms with van der Waals surface area (Å²) in [6.45, 7) is 12.6. The molecule has 0 aromatic heterocycles. The maximum Gasteiger partial charge on any atom is 0.251 e. The third-order valence-corrected chi connectivity index (χ3v) is 11.8. The van der Waals surface area contributed by atoms with Crippen molar-refractivity contribution in [3.05, 3.63) is 92.0 Å². The predicted octanol–water partition coefficient (Wildman–Crippen LogP) is 5.45. The first kappa shape index (κ1) is 31.9. The Balaban J connectivity index is 1.39. The van der Waals surface area contributed by atoms with E-state index in [4.69, 9.17) is 4.74 Å². The first-order valence-corrected chi connectivity index (χ1v) is 16.7. The van der Waals surface area contributed by atoms with Crippen LogP contribution in [0.15, 0.2) is 92.0 Å². The van der Waals surface area contributed by atoms with Gasteiger partial charge in [-0.25, -0.2) is 0 Å². The summed E-state index contributed by atoms with van der Waals surface area (Å²) in [5.41, 5.74) is 1.40. The molecule has 8 nitrogen and oxygen atoms in total. The SMILES string of the molecule is C=CCN(C(=O)C1N(CCO)C(=O)[C@@H]2[C@H](C(=O)N(CC=C)c3ccc(OCC)cc3)[C@]3(C)CCC12S3)c1ccc2ccccc2c1. The minimum atomic E-state index is -0.841. The van der Waals surface area contributed by atoms with Crippen molar-refractivity contribution in [1.82, 2.24) is 4.90 Å². The summed E-state index contributed by atoms with van der Waals surface area (Å²) >= 11 is 1.62. The summed E-state index contributed by atoms with van der Waals surface area (Å²) in [4.78, 5) is 48.9. The molecule has 3 aromatic carbocycles. The predicted molar refractivity (Wildman–Crippen MR) is 184 cm³/mol. The van der Waals surface area contributed by atoms with Gasteiger partial charge in [-0.2, -0.15) is 0 Å². The number of fused-ring (bicyclic) bond motifs is 2. The number of rotatable bonds is 12. The van der Waals surface area contributed by atoms with Crippen LogP contribution >= 0.6 is 11.8 Å². The molecular weight excluding hydrogens is 598 g/mol. The maximum atomic E-state index is 14.8. The molecule has 0 radical (unpaired) electrons. The Morgan fingerprint density at radius 1 is 0.978 bits per heavy atom. The molecule has 3 aliphatic rings. The second-order valence-corrected chi connectivity index (χ2v) is 14.3. The Morgan fingerprint density at radius 3 is 2.28 bits per heavy atom. The maximum absolute atomic E-state index is 14.8. The van der Waals surface area contributed by atoms with Crippen LogP contribution < -0.4 is 14.5 Å². The highest BCUT2D eigenvalue weighted by Crippen LogP contribution is 2.71. The number of thioether (sulfide) groups is 1. The molecule has 0 aliphatic carbocycles. The van der Waals surface area contributed by atoms with Crippen molar-refractivity contribution in [1.29, 1.82) is 0 Å². The van der Waals surface area contributed by atoms with Crippen molar-refractivity contribution in [3.63, 3.8) is 0 Å². The van der Waals surface area contributed by atoms with Crippen molar-refractivity contribution in [2.45, 2.75) is 42.2 Å². The van der Waals surface area contributed by atoms with E-state index < -0.39 is 27.4 Å². The van der Waals surface area contributed by atoms with E-state index >= 15 is 0 Å². The van der Waals surface area contributed by atoms with Crippen LogP contribution in [0, 0.1) is 11.8 Å². The average molecular weight is 640 g/mol. The zero-order valence-corrected chi connectivity index (χ0v) is 27.2. The lowest BCUT2D eigenvalue weighted by Gasteiger charge is -2.38. The number of carbonyl (C=O) groups is 3. The van der Waals surface area contributed by atoms with Crippen LogP contribution in [0.5, 0.6) is 5.75 Å². The van der Waals surface area contributed by atoms with Crippen LogP contribution in [-0.2, 0) is 14.4 Å². The van der Waals surface area contributed by atoms with E-state index in [1.165, 1.54) is 4.90 Å². The molecule has 3 amide bonds. The van der Waals surface area contributed by atoms with Crippen LogP contribution in [0.1, 0.15) is 26.7 Å². The molecule has 3 saturated heterocycles. The van der Waals surface area contributed by atoms with E-state index in [0.29, 0.717) is 36.6 Å². The lowest BCUT2D eigenvalue weighted by atomic mass is 9.66. The Labute approximate surface area is 274 Å². The lowest BCUT2D eigenvalue weighted by Crippen LogP contribution is -2.55. The van der Waals surface area contributed by atoms with Crippen molar-refractivity contribution in [2.75, 3.05) is 42.6 Å². The molecular formula is C37H41N3O5S. The smallest absolute Gasteiger partial charge is 0.251 e. The molecule has 2 bridgehead atoms. The summed E-state index contributed by atoms with van der Waals surface area (Å²) < 4.78 is 4.25. The van der Waals surface area contributed by atoms with Crippen molar-refractivity contribution in [2.24, 2.45) is 11.8 Å². The number of amides is 3. The summed E-state index contributed by atoms with van der Waals surface area (Å²) in [5, 5.41) is 12.2. The van der Waals surface area contributed by atoms with Gasteiger partial charge in [0.05, 0.1) is 29.8 Å². The van der Waals surface area contributed by atoms with Crippen molar-refractivity contribution < 1.29 is 24.2 Å². The van der Waals surface area contributed by atoms with Crippen molar-refractivity contribution >= 4 is 51.6 Å². The molecule has 3 heterocycles. The van der Waals surface area contributed by atoms with Crippen LogP contribution in [0.4, 0.5) is 11.4 Å². The Morgan fingerprint density at radius 2 is 1.63 bits per heavy atom. The largest absolute Gasteiger partial charge is 0.494 e. The molecule has 3 aromatic rings. The number of benzene rings is 3. The van der Waals surface area contributed by atoms with Crippen LogP contribution in [0.3, 0.4) is 0 Å². The van der Waals surface area contributed by atoms with E-state index in [2.05, 4.69) is 20.1 Å². The molecule has 46 heavy (non-hydrogen) atoms. The van der Waals surface area contributed by atoms with Crippen LogP contribution in [0.25, 0.3) is 10.8 Å². The third kappa shape index (κ3) is 5.10. The molecule has 0 saturated carbocycles. The first-order chi connectivity index (χ1) is 22.2. The van der Waals surface area contributed by atoms with E-state index in [0.717, 1.165) is 10.8 Å². The molecule has 3 fully saturated rings. The number of likely N-dealkylation sites (tertiary alicyclic amines) is 1. The molecule has 2 unspecified atom stereocenters. The summed E-state index contributed by atoms with van der Waals surface area (Å²) in [5.74, 6) is -1.28. The molecule has 1 N–H and O–H groups in total. The minimum absolute atomic E-state index is 0.0145. The molecule has 9 heteroatoms. The van der Waals surface area contributed by atoms with Gasteiger partial charge in [-0.1, -0.05) is 42.5 Å². The molecule has 5 atom stereocenters. The number of carbonyl (C=O) groups excluding carboxylic acids is 3. The van der Waals surface area contributed by atoms with Crippen molar-refractivity contribution in [3.8, 4) is 5.75 Å². The fourth-order valence-electron chi connectivity index (χ4n) is 7.88. The van der Waals surface area contributed by atoms with Gasteiger partial charge in [0.25, 0.3) is 5.91 Å². The van der Waals surface area contributed by atoms with Gasteiger partial charge in [0.15, 0.2) is 0 Å². The van der Waals surface area contributed by atoms with Gasteiger partial charge in [-0.3, -0.25) is 14.4 Å². The van der Waals surface area contributed by atoms with Gasteiger partial charge in [0, 0.05) is 35.8 Å². The monoisotopic (exact) mass is 639 g/mol. The molecule has 1 spiro atoms. The second-order valence-electron chi connectivity index (χ2n) is 12.4. The number of hydrogen-bond donors (Lipinski definition) is 1. The number of β-amino-alcohol motifs (C(OH)–C–C–N with tert-alkyl or cyclic N) is 1. The number of aliphatic hydroxyl groups excluding tert-OH is 1. The first-order valence-electron chi connectivity index (χ1n) is 15.9. The molecule has 6 rings (SSSR count). The third-order valence-electron chi connectivity index (χ3n) is 9.78. The van der Waals surface area contributed by atoms with Gasteiger partial charge in [0.1, 0.15) is 11.8 Å². The normalized spacial score (nSPS) is 26.2.